The van der Waals surface area contributed by atoms with Gasteiger partial charge >= 0.3 is 0 Å². The summed E-state index contributed by atoms with van der Waals surface area (Å²) in [6, 6.07) is -0.348. The molecule has 0 spiro atoms. The molecule has 0 radical (unpaired) electrons. The topological polar surface area (TPSA) is 82.0 Å². The van der Waals surface area contributed by atoms with Gasteiger partial charge in [0.05, 0.1) is 17.2 Å². The van der Waals surface area contributed by atoms with Crippen molar-refractivity contribution in [3.8, 4) is 0 Å². The number of carbonyl (C=O) groups is 1. The molecule has 1 heterocycles. The predicted molar refractivity (Wildman–Crippen MR) is 42.9 cm³/mol. The van der Waals surface area contributed by atoms with Gasteiger partial charge in [-0.3, -0.25) is 4.79 Å². The van der Waals surface area contributed by atoms with E-state index in [2.05, 4.69) is 4.98 Å². The number of carbonyl (C=O) groups excluding carboxylic acids is 1. The van der Waals surface area contributed by atoms with Gasteiger partial charge in [0.1, 0.15) is 0 Å². The number of primary amides is 1. The van der Waals surface area contributed by atoms with Crippen LogP contribution in [0, 0.1) is 0 Å². The van der Waals surface area contributed by atoms with Crippen molar-refractivity contribution < 1.29 is 4.79 Å². The van der Waals surface area contributed by atoms with Crippen LogP contribution in [0.3, 0.4) is 0 Å². The molecule has 0 saturated carbocycles. The molecule has 0 aliphatic heterocycles. The van der Waals surface area contributed by atoms with Crippen molar-refractivity contribution in [2.24, 2.45) is 11.5 Å². The van der Waals surface area contributed by atoms with E-state index in [0.717, 1.165) is 5.69 Å². The molecule has 1 amide bonds. The quantitative estimate of drug-likeness (QED) is 0.672. The van der Waals surface area contributed by atoms with Gasteiger partial charge in [-0.1, -0.05) is 0 Å². The first-order valence-corrected chi connectivity index (χ1v) is 4.06. The van der Waals surface area contributed by atoms with E-state index in [1.807, 2.05) is 5.38 Å². The molecular formula is C6H9N3OS. The third kappa shape index (κ3) is 2.28. The average Bonchev–Trinajstić information content (AvgIpc) is 2.35. The number of thiazole rings is 1. The molecule has 0 aliphatic rings. The van der Waals surface area contributed by atoms with Crippen LogP contribution in [0.25, 0.3) is 0 Å². The van der Waals surface area contributed by atoms with Crippen LogP contribution in [-0.4, -0.2) is 10.9 Å². The molecule has 0 aromatic carbocycles. The Kier molecular flexibility index (Phi) is 2.56. The molecule has 1 aromatic rings. The molecule has 1 aromatic heterocycles. The average molecular weight is 171 g/mol. The third-order valence-electron chi connectivity index (χ3n) is 1.25. The van der Waals surface area contributed by atoms with E-state index in [1.54, 1.807) is 5.51 Å². The minimum atomic E-state index is -0.398. The van der Waals surface area contributed by atoms with Gasteiger partial charge in [-0.2, -0.15) is 0 Å². The molecule has 1 atom stereocenters. The summed E-state index contributed by atoms with van der Waals surface area (Å²) in [6.45, 7) is 0. The second-order valence-corrected chi connectivity index (χ2v) is 2.91. The maximum atomic E-state index is 10.4. The predicted octanol–water partition coefficient (Wildman–Crippen LogP) is 0.0183. The Labute approximate surface area is 68.2 Å². The van der Waals surface area contributed by atoms with Crippen LogP contribution in [0.1, 0.15) is 18.2 Å². The second-order valence-electron chi connectivity index (χ2n) is 2.19. The van der Waals surface area contributed by atoms with Gasteiger partial charge in [0, 0.05) is 11.8 Å². The number of hydrogen-bond acceptors (Lipinski definition) is 4. The molecule has 11 heavy (non-hydrogen) atoms. The van der Waals surface area contributed by atoms with Crippen LogP contribution in [0.15, 0.2) is 10.9 Å². The van der Waals surface area contributed by atoms with Crippen molar-refractivity contribution >= 4 is 17.2 Å². The van der Waals surface area contributed by atoms with E-state index in [0.29, 0.717) is 0 Å². The molecule has 0 bridgehead atoms. The fourth-order valence-electron chi connectivity index (χ4n) is 0.726. The minimum absolute atomic E-state index is 0.156. The zero-order valence-electron chi connectivity index (χ0n) is 5.86. The van der Waals surface area contributed by atoms with Gasteiger partial charge in [0.25, 0.3) is 0 Å². The van der Waals surface area contributed by atoms with Gasteiger partial charge in [0.2, 0.25) is 5.91 Å². The molecule has 1 rings (SSSR count). The van der Waals surface area contributed by atoms with E-state index >= 15 is 0 Å². The number of nitrogens with zero attached hydrogens (tertiary/aromatic N) is 1. The molecule has 0 saturated heterocycles. The number of hydrogen-bond donors (Lipinski definition) is 2. The molecule has 5 heteroatoms. The summed E-state index contributed by atoms with van der Waals surface area (Å²) in [5, 5.41) is 1.81. The highest BCUT2D eigenvalue weighted by Crippen LogP contribution is 2.12. The fourth-order valence-corrected chi connectivity index (χ4v) is 1.34. The van der Waals surface area contributed by atoms with Gasteiger partial charge in [-0.05, 0) is 0 Å². The van der Waals surface area contributed by atoms with Crippen molar-refractivity contribution in [2.75, 3.05) is 0 Å². The standard InChI is InChI=1S/C6H9N3OS/c7-4(1-6(8)10)5-2-11-3-9-5/h2-4H,1,7H2,(H2,8,10). The van der Waals surface area contributed by atoms with Crippen molar-refractivity contribution in [3.05, 3.63) is 16.6 Å². The maximum Gasteiger partial charge on any atom is 0.219 e. The minimum Gasteiger partial charge on any atom is -0.370 e. The van der Waals surface area contributed by atoms with Crippen LogP contribution in [0.2, 0.25) is 0 Å². The number of nitrogens with two attached hydrogens (primary N) is 2. The number of aromatic nitrogens is 1. The van der Waals surface area contributed by atoms with E-state index in [4.69, 9.17) is 11.5 Å². The Bertz CT molecular complexity index is 234. The van der Waals surface area contributed by atoms with Crippen LogP contribution in [0.5, 0.6) is 0 Å². The first-order chi connectivity index (χ1) is 5.20. The number of rotatable bonds is 3. The van der Waals surface area contributed by atoms with Crippen molar-refractivity contribution in [1.82, 2.24) is 4.98 Å². The van der Waals surface area contributed by atoms with Gasteiger partial charge in [-0.25, -0.2) is 4.98 Å². The van der Waals surface area contributed by atoms with Crippen molar-refractivity contribution in [1.29, 1.82) is 0 Å². The van der Waals surface area contributed by atoms with Crippen LogP contribution >= 0.6 is 11.3 Å². The normalized spacial score (nSPS) is 12.8. The Balaban J connectivity index is 2.56. The molecular weight excluding hydrogens is 162 g/mol. The van der Waals surface area contributed by atoms with Gasteiger partial charge < -0.3 is 11.5 Å². The Morgan fingerprint density at radius 3 is 3.00 bits per heavy atom. The zero-order valence-corrected chi connectivity index (χ0v) is 6.67. The van der Waals surface area contributed by atoms with Gasteiger partial charge in [0.15, 0.2) is 0 Å². The molecule has 4 N–H and O–H groups in total. The van der Waals surface area contributed by atoms with E-state index in [1.165, 1.54) is 11.3 Å². The van der Waals surface area contributed by atoms with E-state index in [9.17, 15) is 4.79 Å². The lowest BCUT2D eigenvalue weighted by molar-refractivity contribution is -0.118. The summed E-state index contributed by atoms with van der Waals surface area (Å²) in [7, 11) is 0. The maximum absolute atomic E-state index is 10.4. The highest BCUT2D eigenvalue weighted by Gasteiger charge is 2.09. The third-order valence-corrected chi connectivity index (χ3v) is 1.86. The first-order valence-electron chi connectivity index (χ1n) is 3.12. The SMILES string of the molecule is NC(=O)CC(N)c1cscn1. The zero-order chi connectivity index (χ0) is 8.27. The molecule has 0 aliphatic carbocycles. The fraction of sp³-hybridized carbons (Fsp3) is 0.333. The van der Waals surface area contributed by atoms with E-state index in [-0.39, 0.29) is 12.5 Å². The Morgan fingerprint density at radius 1 is 1.82 bits per heavy atom. The summed E-state index contributed by atoms with van der Waals surface area (Å²) >= 11 is 1.45. The Morgan fingerprint density at radius 2 is 2.55 bits per heavy atom. The largest absolute Gasteiger partial charge is 0.370 e. The smallest absolute Gasteiger partial charge is 0.219 e. The molecule has 0 fully saturated rings. The molecule has 60 valence electrons. The van der Waals surface area contributed by atoms with Crippen LogP contribution < -0.4 is 11.5 Å². The molecule has 1 unspecified atom stereocenters. The summed E-state index contributed by atoms with van der Waals surface area (Å²) < 4.78 is 0. The van der Waals surface area contributed by atoms with E-state index < -0.39 is 5.91 Å². The number of amides is 1. The highest BCUT2D eigenvalue weighted by molar-refractivity contribution is 7.07. The lowest BCUT2D eigenvalue weighted by atomic mass is 10.2. The van der Waals surface area contributed by atoms with Gasteiger partial charge in [-0.15, -0.1) is 11.3 Å². The van der Waals surface area contributed by atoms with Crippen LogP contribution in [0.4, 0.5) is 0 Å². The second kappa shape index (κ2) is 3.45. The lowest BCUT2D eigenvalue weighted by Gasteiger charge is -2.03. The highest BCUT2D eigenvalue weighted by atomic mass is 32.1. The monoisotopic (exact) mass is 171 g/mol. The summed E-state index contributed by atoms with van der Waals surface area (Å²) in [5.74, 6) is -0.398. The Hall–Kier alpha value is -0.940. The van der Waals surface area contributed by atoms with Crippen molar-refractivity contribution in [3.63, 3.8) is 0 Å². The summed E-state index contributed by atoms with van der Waals surface area (Å²) in [5.41, 5.74) is 12.9. The lowest BCUT2D eigenvalue weighted by Crippen LogP contribution is -2.20. The van der Waals surface area contributed by atoms with Crippen molar-refractivity contribution in [2.45, 2.75) is 12.5 Å². The molecule has 4 nitrogen and oxygen atoms in total. The summed E-state index contributed by atoms with van der Waals surface area (Å²) in [6.07, 6.45) is 0.156. The van der Waals surface area contributed by atoms with Crippen LogP contribution in [-0.2, 0) is 4.79 Å². The first kappa shape index (κ1) is 8.16. The summed E-state index contributed by atoms with van der Waals surface area (Å²) in [4.78, 5) is 14.4.